The molecule has 0 amide bonds. The van der Waals surface area contributed by atoms with Crippen LogP contribution >= 0.6 is 0 Å². The molecule has 4 aromatic rings. The third-order valence-corrected chi connectivity index (χ3v) is 5.45. The molecule has 2 aromatic carbocycles. The molecule has 0 aliphatic rings. The van der Waals surface area contributed by atoms with Crippen molar-refractivity contribution in [1.82, 2.24) is 9.97 Å². The van der Waals surface area contributed by atoms with E-state index >= 15 is 0 Å². The Bertz CT molecular complexity index is 1130. The topological polar surface area (TPSA) is 74.0 Å². The number of benzene rings is 2. The van der Waals surface area contributed by atoms with Gasteiger partial charge in [-0.1, -0.05) is 54.6 Å². The van der Waals surface area contributed by atoms with Crippen molar-refractivity contribution in [2.24, 2.45) is 0 Å². The summed E-state index contributed by atoms with van der Waals surface area (Å²) in [6.45, 7) is 1.76. The number of sulfonamides is 1. The molecule has 0 unspecified atom stereocenters. The van der Waals surface area contributed by atoms with Gasteiger partial charge >= 0.3 is 16.5 Å². The van der Waals surface area contributed by atoms with E-state index in [0.29, 0.717) is 22.5 Å². The molecule has 162 valence electrons. The zero-order valence-corrected chi connectivity index (χ0v) is 19.3. The minimum atomic E-state index is -3.78. The first-order chi connectivity index (χ1) is 14.1. The molecule has 4 rings (SSSR count). The van der Waals surface area contributed by atoms with Gasteiger partial charge in [0.05, 0.1) is 10.6 Å². The molecule has 0 saturated carbocycles. The van der Waals surface area contributed by atoms with E-state index in [9.17, 15) is 8.42 Å². The van der Waals surface area contributed by atoms with Gasteiger partial charge in [-0.3, -0.25) is 9.97 Å². The first-order valence-corrected chi connectivity index (χ1v) is 10.4. The number of pyridine rings is 2. The number of hydrogen-bond acceptors (Lipinski definition) is 5. The first-order valence-electron chi connectivity index (χ1n) is 8.97. The number of aryl methyl sites for hydroxylation is 1. The van der Waals surface area contributed by atoms with E-state index in [0.717, 1.165) is 0 Å². The molecule has 0 atom stereocenters. The maximum atomic E-state index is 12.6. The standard InChI is InChI=1S/C18H15N2O2S.C5H5N.Ni.H2S/c1-14-8-2-5-12-18(14)23(21,22)20-17-11-4-3-9-15(17)16-10-6-7-13-19-16;1-2-4-6-5-3-1;;/h2-13H,1H3;1-5H;;1H2/q-1;;+2;/p-1. The molecular formula is C23H21N3NiO2S2. The van der Waals surface area contributed by atoms with Gasteiger partial charge in [0.25, 0.3) is 0 Å². The molecule has 0 saturated heterocycles. The Morgan fingerprint density at radius 1 is 0.742 bits per heavy atom. The molecule has 2 heterocycles. The molecule has 0 spiro atoms. The third-order valence-electron chi connectivity index (χ3n) is 4.00. The van der Waals surface area contributed by atoms with Crippen molar-refractivity contribution >= 4 is 29.2 Å². The van der Waals surface area contributed by atoms with Crippen molar-refractivity contribution in [2.75, 3.05) is 0 Å². The second kappa shape index (κ2) is 12.9. The van der Waals surface area contributed by atoms with Gasteiger partial charge < -0.3 is 18.2 Å². The van der Waals surface area contributed by atoms with E-state index in [-0.39, 0.29) is 34.9 Å². The van der Waals surface area contributed by atoms with Crippen LogP contribution in [0.1, 0.15) is 5.56 Å². The van der Waals surface area contributed by atoms with Gasteiger partial charge in [-0.25, -0.2) is 8.42 Å². The van der Waals surface area contributed by atoms with Crippen LogP contribution in [-0.4, -0.2) is 18.4 Å². The maximum Gasteiger partial charge on any atom is 2.00 e. The predicted octanol–water partition coefficient (Wildman–Crippen LogP) is 5.26. The Hall–Kier alpha value is -2.67. The van der Waals surface area contributed by atoms with Crippen molar-refractivity contribution in [3.05, 3.63) is 114 Å². The number of rotatable bonds is 4. The van der Waals surface area contributed by atoms with Gasteiger partial charge in [-0.15, -0.1) is 5.69 Å². The summed E-state index contributed by atoms with van der Waals surface area (Å²) in [6.07, 6.45) is 5.17. The number of nitrogens with zero attached hydrogens (tertiary/aromatic N) is 3. The summed E-state index contributed by atoms with van der Waals surface area (Å²) in [7, 11) is -3.78. The van der Waals surface area contributed by atoms with Crippen LogP contribution in [0.5, 0.6) is 0 Å². The van der Waals surface area contributed by atoms with Gasteiger partial charge in [-0.2, -0.15) is 0 Å². The van der Waals surface area contributed by atoms with Crippen molar-refractivity contribution in [3.8, 4) is 11.3 Å². The van der Waals surface area contributed by atoms with Crippen molar-refractivity contribution < 1.29 is 24.9 Å². The Labute approximate surface area is 200 Å². The van der Waals surface area contributed by atoms with Gasteiger partial charge in [0.15, 0.2) is 0 Å². The van der Waals surface area contributed by atoms with Crippen molar-refractivity contribution in [1.29, 1.82) is 0 Å². The molecule has 5 nitrogen and oxygen atoms in total. The Morgan fingerprint density at radius 2 is 1.35 bits per heavy atom. The maximum absolute atomic E-state index is 12.6. The fourth-order valence-corrected chi connectivity index (χ4v) is 3.87. The monoisotopic (exact) mass is 493 g/mol. The van der Waals surface area contributed by atoms with Crippen LogP contribution in [0.3, 0.4) is 0 Å². The van der Waals surface area contributed by atoms with Crippen LogP contribution in [0.4, 0.5) is 5.69 Å². The quantitative estimate of drug-likeness (QED) is 0.220. The molecule has 0 radical (unpaired) electrons. The van der Waals surface area contributed by atoms with Gasteiger partial charge in [0, 0.05) is 18.6 Å². The molecule has 8 heteroatoms. The molecule has 0 N–H and O–H groups in total. The van der Waals surface area contributed by atoms with E-state index in [1.165, 1.54) is 0 Å². The van der Waals surface area contributed by atoms with Crippen LogP contribution < -0.4 is 0 Å². The fraction of sp³-hybridized carbons (Fsp3) is 0.0435. The predicted molar refractivity (Wildman–Crippen MR) is 124 cm³/mol. The summed E-state index contributed by atoms with van der Waals surface area (Å²) in [5.41, 5.74) is 2.43. The Balaban J connectivity index is 0.000000522. The summed E-state index contributed by atoms with van der Waals surface area (Å²) in [5, 5.41) is 0. The molecule has 2 aromatic heterocycles. The van der Waals surface area contributed by atoms with Crippen LogP contribution in [0, 0.1) is 6.92 Å². The zero-order chi connectivity index (χ0) is 20.5. The second-order valence-corrected chi connectivity index (χ2v) is 7.66. The summed E-state index contributed by atoms with van der Waals surface area (Å²) in [6, 6.07) is 25.1. The number of hydrogen-bond donors (Lipinski definition) is 0. The van der Waals surface area contributed by atoms with E-state index < -0.39 is 10.0 Å². The summed E-state index contributed by atoms with van der Waals surface area (Å²) < 4.78 is 29.3. The average molecular weight is 494 g/mol. The van der Waals surface area contributed by atoms with E-state index in [2.05, 4.69) is 14.7 Å². The van der Waals surface area contributed by atoms with Gasteiger partial charge in [0.2, 0.25) is 0 Å². The largest absolute Gasteiger partial charge is 2.00 e. The molecule has 0 bridgehead atoms. The Morgan fingerprint density at radius 3 is 1.94 bits per heavy atom. The van der Waals surface area contributed by atoms with Crippen molar-refractivity contribution in [3.63, 3.8) is 0 Å². The third kappa shape index (κ3) is 7.51. The van der Waals surface area contributed by atoms with Crippen LogP contribution in [0.25, 0.3) is 16.0 Å². The van der Waals surface area contributed by atoms with Crippen LogP contribution in [0.2, 0.25) is 0 Å². The minimum absolute atomic E-state index is 0. The fourth-order valence-electron chi connectivity index (χ4n) is 2.63. The van der Waals surface area contributed by atoms with E-state index in [4.69, 9.17) is 0 Å². The minimum Gasteiger partial charge on any atom is -0.813 e. The van der Waals surface area contributed by atoms with Crippen LogP contribution in [-0.2, 0) is 40.0 Å². The van der Waals surface area contributed by atoms with Crippen LogP contribution in [0.15, 0.2) is 108 Å². The van der Waals surface area contributed by atoms with Gasteiger partial charge in [-0.05, 0) is 48.4 Å². The first kappa shape index (κ1) is 26.4. The normalized spacial score (nSPS) is 9.84. The summed E-state index contributed by atoms with van der Waals surface area (Å²) >= 11 is 0. The summed E-state index contributed by atoms with van der Waals surface area (Å²) in [4.78, 5) is 8.28. The molecule has 0 aliphatic carbocycles. The van der Waals surface area contributed by atoms with Crippen molar-refractivity contribution in [2.45, 2.75) is 11.8 Å². The smallest absolute Gasteiger partial charge is 0.813 e. The van der Waals surface area contributed by atoms with E-state index in [1.807, 2.05) is 48.5 Å². The molecular weight excluding hydrogens is 473 g/mol. The summed E-state index contributed by atoms with van der Waals surface area (Å²) in [5.74, 6) is 0. The number of thiol groups is 1. The molecule has 0 aliphatic heterocycles. The number of aromatic nitrogens is 2. The Kier molecular flexibility index (Phi) is 11.0. The zero-order valence-electron chi connectivity index (χ0n) is 16.6. The SMILES string of the molecule is Cc1ccccc1S(=O)(=O)[N-]c1ccccc1-c1ccccn1.[Ni+2].[SH-].c1ccncc1. The molecule has 0 fully saturated rings. The second-order valence-electron chi connectivity index (χ2n) is 6.09. The van der Waals surface area contributed by atoms with E-state index in [1.54, 1.807) is 61.9 Å². The van der Waals surface area contributed by atoms with Gasteiger partial charge in [0.1, 0.15) is 10.0 Å². The average Bonchev–Trinajstić information content (AvgIpc) is 2.76. The molecule has 31 heavy (non-hydrogen) atoms.